The van der Waals surface area contributed by atoms with Crippen molar-refractivity contribution in [1.29, 1.82) is 5.26 Å². The number of nitrogens with zero attached hydrogens (tertiary/aromatic N) is 4. The summed E-state index contributed by atoms with van der Waals surface area (Å²) in [6.07, 6.45) is 0.467. The summed E-state index contributed by atoms with van der Waals surface area (Å²) >= 11 is 0. The van der Waals surface area contributed by atoms with Crippen molar-refractivity contribution >= 4 is 23.4 Å². The minimum Gasteiger partial charge on any atom is -0.488 e. The molecule has 2 fully saturated rings. The normalized spacial score (nSPS) is 18.8. The van der Waals surface area contributed by atoms with Crippen LogP contribution in [0.5, 0.6) is 5.75 Å². The summed E-state index contributed by atoms with van der Waals surface area (Å²) in [4.78, 5) is 43.1. The highest BCUT2D eigenvalue weighted by atomic mass is 19.1. The molecule has 0 spiro atoms. The molecule has 0 aliphatic carbocycles. The van der Waals surface area contributed by atoms with Crippen molar-refractivity contribution in [1.82, 2.24) is 15.1 Å². The Balaban J connectivity index is 1.05. The SMILES string of the molecule is Cc1cc(C#N)ccc1N1CCN(Cc2ccc(COc3cccc4c3CN([C@H]3CCC(=O)NC3=O)C4=O)c(F)c2)CC1. The summed E-state index contributed by atoms with van der Waals surface area (Å²) in [5.74, 6) is -0.957. The van der Waals surface area contributed by atoms with Crippen LogP contribution < -0.4 is 15.0 Å². The van der Waals surface area contributed by atoms with Gasteiger partial charge in [-0.1, -0.05) is 18.2 Å². The molecule has 3 aromatic rings. The first-order valence-electron chi connectivity index (χ1n) is 14.5. The van der Waals surface area contributed by atoms with Crippen molar-refractivity contribution < 1.29 is 23.5 Å². The zero-order valence-corrected chi connectivity index (χ0v) is 23.9. The number of imide groups is 1. The van der Waals surface area contributed by atoms with Gasteiger partial charge < -0.3 is 14.5 Å². The number of ether oxygens (including phenoxy) is 1. The number of hydrogen-bond donors (Lipinski definition) is 1. The molecule has 9 nitrogen and oxygen atoms in total. The number of piperazine rings is 1. The summed E-state index contributed by atoms with van der Waals surface area (Å²) < 4.78 is 21.2. The highest BCUT2D eigenvalue weighted by Gasteiger charge is 2.40. The number of nitriles is 1. The average molecular weight is 582 g/mol. The van der Waals surface area contributed by atoms with Crippen LogP contribution in [0.1, 0.15) is 51.0 Å². The molecule has 43 heavy (non-hydrogen) atoms. The molecule has 1 N–H and O–H groups in total. The number of carbonyl (C=O) groups excluding carboxylic acids is 3. The first-order valence-corrected chi connectivity index (χ1v) is 14.5. The number of fused-ring (bicyclic) bond motifs is 1. The van der Waals surface area contributed by atoms with E-state index in [0.717, 1.165) is 43.0 Å². The Labute approximate surface area is 249 Å². The van der Waals surface area contributed by atoms with E-state index in [1.165, 1.54) is 4.90 Å². The number of amides is 3. The number of benzene rings is 3. The molecular weight excluding hydrogens is 549 g/mol. The van der Waals surface area contributed by atoms with Crippen LogP contribution in [0.25, 0.3) is 0 Å². The minimum absolute atomic E-state index is 0.00219. The Morgan fingerprint density at radius 1 is 1.05 bits per heavy atom. The summed E-state index contributed by atoms with van der Waals surface area (Å²) in [6.45, 7) is 6.26. The van der Waals surface area contributed by atoms with Crippen molar-refractivity contribution in [2.75, 3.05) is 31.1 Å². The first kappa shape index (κ1) is 28.4. The lowest BCUT2D eigenvalue weighted by Gasteiger charge is -2.37. The molecule has 3 aliphatic heterocycles. The van der Waals surface area contributed by atoms with E-state index >= 15 is 4.39 Å². The summed E-state index contributed by atoms with van der Waals surface area (Å²) in [5, 5.41) is 11.4. The second-order valence-corrected chi connectivity index (χ2v) is 11.3. The van der Waals surface area contributed by atoms with Crippen LogP contribution in [-0.2, 0) is 29.3 Å². The number of nitrogens with one attached hydrogen (secondary N) is 1. The summed E-state index contributed by atoms with van der Waals surface area (Å²) in [7, 11) is 0. The van der Waals surface area contributed by atoms with Gasteiger partial charge in [-0.15, -0.1) is 0 Å². The van der Waals surface area contributed by atoms with Gasteiger partial charge in [-0.25, -0.2) is 4.39 Å². The Morgan fingerprint density at radius 2 is 1.86 bits per heavy atom. The van der Waals surface area contributed by atoms with E-state index in [0.29, 0.717) is 34.5 Å². The molecule has 3 heterocycles. The number of aryl methyl sites for hydroxylation is 1. The Hall–Kier alpha value is -4.75. The second-order valence-electron chi connectivity index (χ2n) is 11.3. The maximum Gasteiger partial charge on any atom is 0.255 e. The van der Waals surface area contributed by atoms with Gasteiger partial charge in [-0.2, -0.15) is 5.26 Å². The van der Waals surface area contributed by atoms with Gasteiger partial charge in [0, 0.05) is 61.5 Å². The molecule has 0 aromatic heterocycles. The fraction of sp³-hybridized carbons (Fsp3) is 0.333. The Kier molecular flexibility index (Phi) is 7.82. The maximum absolute atomic E-state index is 15.1. The third kappa shape index (κ3) is 5.81. The first-order chi connectivity index (χ1) is 20.8. The van der Waals surface area contributed by atoms with Crippen LogP contribution in [-0.4, -0.2) is 59.7 Å². The van der Waals surface area contributed by atoms with Crippen molar-refractivity contribution in [2.45, 2.75) is 45.5 Å². The van der Waals surface area contributed by atoms with Gasteiger partial charge in [0.1, 0.15) is 24.2 Å². The maximum atomic E-state index is 15.1. The van der Waals surface area contributed by atoms with Gasteiger partial charge in [0.2, 0.25) is 11.8 Å². The molecule has 3 aromatic carbocycles. The Morgan fingerprint density at radius 3 is 2.58 bits per heavy atom. The Bertz CT molecular complexity index is 1640. The van der Waals surface area contributed by atoms with Crippen LogP contribution >= 0.6 is 0 Å². The fourth-order valence-corrected chi connectivity index (χ4v) is 6.14. The number of carbonyl (C=O) groups is 3. The fourth-order valence-electron chi connectivity index (χ4n) is 6.14. The van der Waals surface area contributed by atoms with E-state index in [-0.39, 0.29) is 43.6 Å². The van der Waals surface area contributed by atoms with Gasteiger partial charge in [-0.3, -0.25) is 24.6 Å². The second kappa shape index (κ2) is 11.9. The molecule has 0 saturated carbocycles. The molecule has 3 amide bonds. The van der Waals surface area contributed by atoms with Gasteiger partial charge in [-0.05, 0) is 60.9 Å². The number of anilines is 1. The minimum atomic E-state index is -0.710. The molecule has 6 rings (SSSR count). The predicted molar refractivity (Wildman–Crippen MR) is 157 cm³/mol. The monoisotopic (exact) mass is 581 g/mol. The summed E-state index contributed by atoms with van der Waals surface area (Å²) in [6, 6.07) is 17.6. The lowest BCUT2D eigenvalue weighted by Crippen LogP contribution is -2.52. The molecule has 2 saturated heterocycles. The number of rotatable bonds is 7. The third-order valence-corrected chi connectivity index (χ3v) is 8.48. The van der Waals surface area contributed by atoms with Gasteiger partial charge in [0.25, 0.3) is 5.91 Å². The van der Waals surface area contributed by atoms with E-state index in [1.54, 1.807) is 30.3 Å². The highest BCUT2D eigenvalue weighted by molar-refractivity contribution is 6.05. The molecule has 220 valence electrons. The lowest BCUT2D eigenvalue weighted by atomic mass is 10.0. The van der Waals surface area contributed by atoms with Crippen LogP contribution in [0, 0.1) is 24.1 Å². The van der Waals surface area contributed by atoms with E-state index in [2.05, 4.69) is 21.2 Å². The number of piperidine rings is 1. The van der Waals surface area contributed by atoms with Crippen molar-refractivity contribution in [3.05, 3.63) is 93.8 Å². The van der Waals surface area contributed by atoms with Crippen molar-refractivity contribution in [3.63, 3.8) is 0 Å². The summed E-state index contributed by atoms with van der Waals surface area (Å²) in [5.41, 5.74) is 5.30. The van der Waals surface area contributed by atoms with Crippen molar-refractivity contribution in [2.24, 2.45) is 0 Å². The zero-order chi connectivity index (χ0) is 30.1. The average Bonchev–Trinajstić information content (AvgIpc) is 3.33. The quantitative estimate of drug-likeness (QED) is 0.425. The number of hydrogen-bond acceptors (Lipinski definition) is 7. The standard InChI is InChI=1S/C33H32FN5O4/c1-21-15-22(17-35)6-8-28(21)38-13-11-37(12-14-38)18-23-5-7-24(27(34)16-23)20-43-30-4-2-3-25-26(30)19-39(33(25)42)29-9-10-31(40)36-32(29)41/h2-8,15-16,29H,9-14,18-20H2,1H3,(H,36,40,41)/t29-/m0/s1. The van der Waals surface area contributed by atoms with Crippen LogP contribution in [0.15, 0.2) is 54.6 Å². The van der Waals surface area contributed by atoms with Gasteiger partial charge in [0.05, 0.1) is 18.2 Å². The molecule has 3 aliphatic rings. The molecule has 1 atom stereocenters. The molecule has 0 unspecified atom stereocenters. The smallest absolute Gasteiger partial charge is 0.255 e. The highest BCUT2D eigenvalue weighted by Crippen LogP contribution is 2.34. The van der Waals surface area contributed by atoms with Crippen molar-refractivity contribution in [3.8, 4) is 11.8 Å². The predicted octanol–water partition coefficient (Wildman–Crippen LogP) is 3.67. The molecule has 0 bridgehead atoms. The van der Waals surface area contributed by atoms with E-state index in [4.69, 9.17) is 10.00 Å². The molecular formula is C33H32FN5O4. The van der Waals surface area contributed by atoms with Crippen LogP contribution in [0.2, 0.25) is 0 Å². The zero-order valence-electron chi connectivity index (χ0n) is 23.9. The lowest BCUT2D eigenvalue weighted by molar-refractivity contribution is -0.136. The van der Waals surface area contributed by atoms with Crippen LogP contribution in [0.3, 0.4) is 0 Å². The molecule has 0 radical (unpaired) electrons. The largest absolute Gasteiger partial charge is 0.488 e. The van der Waals surface area contributed by atoms with Crippen LogP contribution in [0.4, 0.5) is 10.1 Å². The third-order valence-electron chi connectivity index (χ3n) is 8.48. The topological polar surface area (TPSA) is 106 Å². The van der Waals surface area contributed by atoms with Gasteiger partial charge in [0.15, 0.2) is 0 Å². The van der Waals surface area contributed by atoms with E-state index in [1.807, 2.05) is 31.2 Å². The van der Waals surface area contributed by atoms with E-state index < -0.39 is 11.9 Å². The van der Waals surface area contributed by atoms with E-state index in [9.17, 15) is 14.4 Å². The van der Waals surface area contributed by atoms with Gasteiger partial charge >= 0.3 is 0 Å². The molecule has 10 heteroatoms. The number of halogens is 1.